The first kappa shape index (κ1) is 18.5. The summed E-state index contributed by atoms with van der Waals surface area (Å²) in [7, 11) is 0. The first-order chi connectivity index (χ1) is 14.3. The number of ketones is 1. The zero-order valence-corrected chi connectivity index (χ0v) is 16.7. The van der Waals surface area contributed by atoms with Gasteiger partial charge in [0.15, 0.2) is 11.6 Å². The summed E-state index contributed by atoms with van der Waals surface area (Å²) in [4.78, 5) is 17.8. The number of anilines is 1. The van der Waals surface area contributed by atoms with Crippen molar-refractivity contribution in [2.45, 2.75) is 32.7 Å². The van der Waals surface area contributed by atoms with Crippen molar-refractivity contribution >= 4 is 11.7 Å². The predicted molar refractivity (Wildman–Crippen MR) is 110 cm³/mol. The Hall–Kier alpha value is -3.48. The summed E-state index contributed by atoms with van der Waals surface area (Å²) in [6.45, 7) is 4.14. The molecule has 2 N–H and O–H groups in total. The molecule has 1 unspecified atom stereocenters. The van der Waals surface area contributed by atoms with Gasteiger partial charge in [0.2, 0.25) is 5.95 Å². The highest BCUT2D eigenvalue weighted by Crippen LogP contribution is 2.45. The number of halogens is 1. The minimum atomic E-state index is -0.487. The number of benzene rings is 2. The van der Waals surface area contributed by atoms with E-state index < -0.39 is 6.04 Å². The van der Waals surface area contributed by atoms with Crippen molar-refractivity contribution in [2.24, 2.45) is 5.41 Å². The maximum Gasteiger partial charge on any atom is 0.226 e. The van der Waals surface area contributed by atoms with Crippen molar-refractivity contribution in [1.29, 1.82) is 0 Å². The molecule has 0 amide bonds. The molecular weight excluding hydrogens is 383 g/mol. The summed E-state index contributed by atoms with van der Waals surface area (Å²) in [5.41, 5.74) is 2.77. The zero-order chi connectivity index (χ0) is 21.0. The summed E-state index contributed by atoms with van der Waals surface area (Å²) >= 11 is 0. The van der Waals surface area contributed by atoms with Crippen molar-refractivity contribution in [1.82, 2.24) is 14.8 Å². The molecule has 7 heteroatoms. The number of hydrogen-bond donors (Lipinski definition) is 2. The van der Waals surface area contributed by atoms with Crippen LogP contribution in [0, 0.1) is 11.2 Å². The molecule has 2 aliphatic rings. The van der Waals surface area contributed by atoms with Gasteiger partial charge in [-0.2, -0.15) is 4.98 Å². The largest absolute Gasteiger partial charge is 0.508 e. The predicted octanol–water partition coefficient (Wildman–Crippen LogP) is 4.45. The van der Waals surface area contributed by atoms with Crippen molar-refractivity contribution in [2.75, 3.05) is 5.32 Å². The zero-order valence-electron chi connectivity index (χ0n) is 16.7. The fourth-order valence-corrected chi connectivity index (χ4v) is 4.33. The van der Waals surface area contributed by atoms with Crippen molar-refractivity contribution in [3.63, 3.8) is 0 Å². The van der Waals surface area contributed by atoms with Crippen LogP contribution in [0.4, 0.5) is 10.3 Å². The Kier molecular flexibility index (Phi) is 4.03. The molecule has 1 aliphatic heterocycles. The molecule has 0 radical (unpaired) electrons. The van der Waals surface area contributed by atoms with Crippen molar-refractivity contribution in [3.8, 4) is 17.1 Å². The average Bonchev–Trinajstić information content (AvgIpc) is 3.10. The van der Waals surface area contributed by atoms with Crippen LogP contribution in [0.15, 0.2) is 59.8 Å². The molecule has 0 saturated carbocycles. The Morgan fingerprint density at radius 1 is 1.17 bits per heavy atom. The van der Waals surface area contributed by atoms with Crippen LogP contribution in [-0.4, -0.2) is 25.7 Å². The van der Waals surface area contributed by atoms with Gasteiger partial charge in [0, 0.05) is 23.3 Å². The Bertz CT molecular complexity index is 1190. The number of Topliss-reactive ketones (excluding diaryl/α,β-unsaturated/α-hetero) is 1. The molecule has 0 spiro atoms. The van der Waals surface area contributed by atoms with E-state index in [1.54, 1.807) is 35.0 Å². The minimum absolute atomic E-state index is 0.0585. The summed E-state index contributed by atoms with van der Waals surface area (Å²) in [6.07, 6.45) is 1.15. The standard InChI is InChI=1S/C23H21FN4O2/c1-23(2)11-17-19(18(30)12-23)20(13-6-8-15(24)9-7-13)28-22(25-17)26-21(27-28)14-4-3-5-16(29)10-14/h3-10,20,29H,11-12H2,1-2H3,(H,25,26,27). The first-order valence-electron chi connectivity index (χ1n) is 9.85. The third kappa shape index (κ3) is 3.07. The molecule has 1 atom stereocenters. The van der Waals surface area contributed by atoms with E-state index in [4.69, 9.17) is 0 Å². The summed E-state index contributed by atoms with van der Waals surface area (Å²) in [5.74, 6) is 0.803. The van der Waals surface area contributed by atoms with Crippen LogP contribution < -0.4 is 5.32 Å². The summed E-state index contributed by atoms with van der Waals surface area (Å²) in [5, 5.41) is 17.8. The van der Waals surface area contributed by atoms with Gasteiger partial charge in [0.1, 0.15) is 17.6 Å². The number of phenolic OH excluding ortho intramolecular Hbond substituents is 1. The first-order valence-corrected chi connectivity index (χ1v) is 9.85. The molecule has 6 nitrogen and oxygen atoms in total. The van der Waals surface area contributed by atoms with Crippen LogP contribution in [0.2, 0.25) is 0 Å². The van der Waals surface area contributed by atoms with Gasteiger partial charge in [-0.3, -0.25) is 4.79 Å². The fraction of sp³-hybridized carbons (Fsp3) is 0.261. The highest BCUT2D eigenvalue weighted by Gasteiger charge is 2.41. The molecule has 0 fully saturated rings. The van der Waals surface area contributed by atoms with Gasteiger partial charge in [-0.1, -0.05) is 38.1 Å². The van der Waals surface area contributed by atoms with E-state index in [1.807, 2.05) is 6.07 Å². The number of carbonyl (C=O) groups is 1. The number of fused-ring (bicyclic) bond motifs is 1. The maximum atomic E-state index is 13.6. The second-order valence-corrected chi connectivity index (χ2v) is 8.67. The molecule has 1 aliphatic carbocycles. The molecule has 5 rings (SSSR count). The normalized spacial score (nSPS) is 19.8. The molecule has 152 valence electrons. The number of carbonyl (C=O) groups excluding carboxylic acids is 1. The lowest BCUT2D eigenvalue weighted by Gasteiger charge is -2.38. The highest BCUT2D eigenvalue weighted by molar-refractivity contribution is 6.00. The number of rotatable bonds is 2. The van der Waals surface area contributed by atoms with Gasteiger partial charge in [-0.15, -0.1) is 5.10 Å². The molecule has 2 aromatic carbocycles. The van der Waals surface area contributed by atoms with Gasteiger partial charge in [0.25, 0.3) is 0 Å². The van der Waals surface area contributed by atoms with Crippen LogP contribution in [-0.2, 0) is 4.79 Å². The number of hydrogen-bond acceptors (Lipinski definition) is 5. The number of phenols is 1. The van der Waals surface area contributed by atoms with Crippen LogP contribution in [0.5, 0.6) is 5.75 Å². The summed E-state index contributed by atoms with van der Waals surface area (Å²) < 4.78 is 15.3. The molecule has 30 heavy (non-hydrogen) atoms. The Labute approximate surface area is 173 Å². The molecular formula is C23H21FN4O2. The number of nitrogens with one attached hydrogen (secondary N) is 1. The maximum absolute atomic E-state index is 13.6. The highest BCUT2D eigenvalue weighted by atomic mass is 19.1. The third-order valence-corrected chi connectivity index (χ3v) is 5.62. The molecule has 0 bridgehead atoms. The van der Waals surface area contributed by atoms with E-state index in [2.05, 4.69) is 29.2 Å². The van der Waals surface area contributed by atoms with Crippen LogP contribution in [0.3, 0.4) is 0 Å². The number of aromatic nitrogens is 3. The van der Waals surface area contributed by atoms with Gasteiger partial charge >= 0.3 is 0 Å². The smallest absolute Gasteiger partial charge is 0.226 e. The molecule has 0 saturated heterocycles. The molecule has 3 aromatic rings. The van der Waals surface area contributed by atoms with Gasteiger partial charge in [0.05, 0.1) is 0 Å². The van der Waals surface area contributed by atoms with E-state index in [0.717, 1.165) is 11.3 Å². The second-order valence-electron chi connectivity index (χ2n) is 8.67. The Balaban J connectivity index is 1.68. The Morgan fingerprint density at radius 2 is 1.93 bits per heavy atom. The van der Waals surface area contributed by atoms with Gasteiger partial charge in [-0.25, -0.2) is 9.07 Å². The second kappa shape index (κ2) is 6.52. The number of aromatic hydroxyl groups is 1. The van der Waals surface area contributed by atoms with E-state index in [9.17, 15) is 14.3 Å². The fourth-order valence-electron chi connectivity index (χ4n) is 4.33. The van der Waals surface area contributed by atoms with Gasteiger partial charge in [-0.05, 0) is 41.7 Å². The topological polar surface area (TPSA) is 80.0 Å². The van der Waals surface area contributed by atoms with Crippen molar-refractivity contribution < 1.29 is 14.3 Å². The van der Waals surface area contributed by atoms with Crippen molar-refractivity contribution in [3.05, 3.63) is 71.2 Å². The van der Waals surface area contributed by atoms with E-state index in [-0.39, 0.29) is 22.8 Å². The quantitative estimate of drug-likeness (QED) is 0.660. The third-order valence-electron chi connectivity index (χ3n) is 5.62. The number of nitrogens with zero attached hydrogens (tertiary/aromatic N) is 3. The lowest BCUT2D eigenvalue weighted by molar-refractivity contribution is -0.118. The lowest BCUT2D eigenvalue weighted by atomic mass is 9.73. The van der Waals surface area contributed by atoms with Crippen LogP contribution >= 0.6 is 0 Å². The molecule has 2 heterocycles. The van der Waals surface area contributed by atoms with Crippen LogP contribution in [0.25, 0.3) is 11.4 Å². The SMILES string of the molecule is CC1(C)CC(=O)C2=C(C1)Nc1nc(-c3cccc(O)c3)nn1C2c1ccc(F)cc1. The lowest BCUT2D eigenvalue weighted by Crippen LogP contribution is -2.36. The number of allylic oxidation sites excluding steroid dienone is 2. The van der Waals surface area contributed by atoms with Gasteiger partial charge < -0.3 is 10.4 Å². The average molecular weight is 404 g/mol. The summed E-state index contributed by atoms with van der Waals surface area (Å²) in [6, 6.07) is 12.4. The van der Waals surface area contributed by atoms with E-state index >= 15 is 0 Å². The Morgan fingerprint density at radius 3 is 2.67 bits per heavy atom. The van der Waals surface area contributed by atoms with E-state index in [0.29, 0.717) is 35.8 Å². The monoisotopic (exact) mass is 404 g/mol. The van der Waals surface area contributed by atoms with E-state index in [1.165, 1.54) is 12.1 Å². The minimum Gasteiger partial charge on any atom is -0.508 e. The molecule has 1 aromatic heterocycles. The van der Waals surface area contributed by atoms with Crippen LogP contribution in [0.1, 0.15) is 38.3 Å².